The lowest BCUT2D eigenvalue weighted by Crippen LogP contribution is -2.24. The van der Waals surface area contributed by atoms with Crippen LogP contribution in [-0.2, 0) is 4.79 Å². The van der Waals surface area contributed by atoms with Crippen LogP contribution in [0.25, 0.3) is 5.69 Å². The van der Waals surface area contributed by atoms with Crippen molar-refractivity contribution in [3.63, 3.8) is 0 Å². The van der Waals surface area contributed by atoms with Crippen LogP contribution in [0.5, 0.6) is 5.75 Å². The van der Waals surface area contributed by atoms with Crippen LogP contribution in [-0.4, -0.2) is 40.2 Å². The van der Waals surface area contributed by atoms with Crippen LogP contribution in [0.4, 0.5) is 11.4 Å². The Morgan fingerprint density at radius 1 is 1.16 bits per heavy atom. The molecule has 1 fully saturated rings. The van der Waals surface area contributed by atoms with E-state index in [4.69, 9.17) is 4.74 Å². The normalized spacial score (nSPS) is 13.7. The van der Waals surface area contributed by atoms with Gasteiger partial charge in [0.25, 0.3) is 5.91 Å². The Kier molecular flexibility index (Phi) is 5.94. The van der Waals surface area contributed by atoms with Gasteiger partial charge in [0.05, 0.1) is 18.5 Å². The SMILES string of the molecule is COc1ccc(NC(=O)c2nc(C)n(-c3ccccc3C(C)C)n2)cc1N1CCCC1=O. The molecule has 0 saturated carbocycles. The maximum Gasteiger partial charge on any atom is 0.295 e. The van der Waals surface area contributed by atoms with Gasteiger partial charge in [-0.15, -0.1) is 5.10 Å². The summed E-state index contributed by atoms with van der Waals surface area (Å²) >= 11 is 0. The van der Waals surface area contributed by atoms with E-state index in [9.17, 15) is 9.59 Å². The molecular formula is C24H27N5O3. The molecule has 32 heavy (non-hydrogen) atoms. The zero-order chi connectivity index (χ0) is 22.8. The number of hydrogen-bond acceptors (Lipinski definition) is 5. The highest BCUT2D eigenvalue weighted by Crippen LogP contribution is 2.34. The van der Waals surface area contributed by atoms with E-state index in [1.165, 1.54) is 0 Å². The molecular weight excluding hydrogens is 406 g/mol. The van der Waals surface area contributed by atoms with Crippen LogP contribution in [0.3, 0.4) is 0 Å². The lowest BCUT2D eigenvalue weighted by molar-refractivity contribution is -0.117. The molecule has 2 heterocycles. The smallest absolute Gasteiger partial charge is 0.295 e. The molecule has 8 nitrogen and oxygen atoms in total. The zero-order valence-corrected chi connectivity index (χ0v) is 18.8. The summed E-state index contributed by atoms with van der Waals surface area (Å²) in [7, 11) is 1.56. The summed E-state index contributed by atoms with van der Waals surface area (Å²) in [5.41, 5.74) is 3.23. The number of carbonyl (C=O) groups is 2. The predicted octanol–water partition coefficient (Wildman–Crippen LogP) is 4.09. The second kappa shape index (κ2) is 8.82. The predicted molar refractivity (Wildman–Crippen MR) is 123 cm³/mol. The number of nitrogens with zero attached hydrogens (tertiary/aromatic N) is 4. The van der Waals surface area contributed by atoms with Crippen LogP contribution < -0.4 is 15.0 Å². The number of para-hydroxylation sites is 1. The number of carbonyl (C=O) groups excluding carboxylic acids is 2. The third-order valence-corrected chi connectivity index (χ3v) is 5.56. The first-order valence-corrected chi connectivity index (χ1v) is 10.7. The summed E-state index contributed by atoms with van der Waals surface area (Å²) in [4.78, 5) is 31.2. The van der Waals surface area contributed by atoms with Gasteiger partial charge in [0.15, 0.2) is 0 Å². The van der Waals surface area contributed by atoms with Crippen molar-refractivity contribution >= 4 is 23.2 Å². The van der Waals surface area contributed by atoms with Crippen LogP contribution in [0.2, 0.25) is 0 Å². The van der Waals surface area contributed by atoms with Gasteiger partial charge < -0.3 is 15.0 Å². The van der Waals surface area contributed by atoms with Crippen LogP contribution in [0.1, 0.15) is 54.6 Å². The van der Waals surface area contributed by atoms with E-state index in [0.29, 0.717) is 41.8 Å². The first kappa shape index (κ1) is 21.5. The number of nitrogens with one attached hydrogen (secondary N) is 1. The first-order valence-electron chi connectivity index (χ1n) is 10.7. The molecule has 4 rings (SSSR count). The van der Waals surface area contributed by atoms with Crippen molar-refractivity contribution in [3.8, 4) is 11.4 Å². The molecule has 8 heteroatoms. The van der Waals surface area contributed by atoms with Crippen molar-refractivity contribution in [3.05, 3.63) is 59.7 Å². The quantitative estimate of drug-likeness (QED) is 0.633. The van der Waals surface area contributed by atoms with Gasteiger partial charge >= 0.3 is 0 Å². The highest BCUT2D eigenvalue weighted by molar-refractivity contribution is 6.03. The Morgan fingerprint density at radius 2 is 1.94 bits per heavy atom. The lowest BCUT2D eigenvalue weighted by atomic mass is 10.0. The standard InChI is InChI=1S/C24H27N5O3/c1-15(2)18-8-5-6-9-19(18)29-16(3)25-23(27-29)24(31)26-17-11-12-21(32-4)20(14-17)28-13-7-10-22(28)30/h5-6,8-9,11-12,14-15H,7,10,13H2,1-4H3,(H,26,31). The summed E-state index contributed by atoms with van der Waals surface area (Å²) in [6.07, 6.45) is 1.31. The molecule has 0 atom stereocenters. The molecule has 2 amide bonds. The summed E-state index contributed by atoms with van der Waals surface area (Å²) in [5.74, 6) is 1.22. The molecule has 0 aliphatic carbocycles. The fourth-order valence-corrected chi connectivity index (χ4v) is 3.95. The second-order valence-electron chi connectivity index (χ2n) is 8.10. The summed E-state index contributed by atoms with van der Waals surface area (Å²) < 4.78 is 7.12. The zero-order valence-electron chi connectivity index (χ0n) is 18.8. The van der Waals surface area contributed by atoms with E-state index in [-0.39, 0.29) is 11.7 Å². The molecule has 1 aromatic heterocycles. The average molecular weight is 434 g/mol. The molecule has 1 saturated heterocycles. The molecule has 3 aromatic rings. The molecule has 166 valence electrons. The van der Waals surface area contributed by atoms with Crippen molar-refractivity contribution < 1.29 is 14.3 Å². The molecule has 1 N–H and O–H groups in total. The monoisotopic (exact) mass is 433 g/mol. The van der Waals surface area contributed by atoms with Crippen molar-refractivity contribution in [1.29, 1.82) is 0 Å². The third-order valence-electron chi connectivity index (χ3n) is 5.56. The Hall–Kier alpha value is -3.68. The summed E-state index contributed by atoms with van der Waals surface area (Å²) in [6.45, 7) is 6.69. The number of ether oxygens (including phenoxy) is 1. The first-order chi connectivity index (χ1) is 15.4. The van der Waals surface area contributed by atoms with Crippen LogP contribution in [0.15, 0.2) is 42.5 Å². The topological polar surface area (TPSA) is 89.3 Å². The van der Waals surface area contributed by atoms with E-state index >= 15 is 0 Å². The van der Waals surface area contributed by atoms with E-state index < -0.39 is 5.91 Å². The van der Waals surface area contributed by atoms with Crippen molar-refractivity contribution in [1.82, 2.24) is 14.8 Å². The van der Waals surface area contributed by atoms with Crippen molar-refractivity contribution in [2.75, 3.05) is 23.9 Å². The van der Waals surface area contributed by atoms with Crippen molar-refractivity contribution in [2.24, 2.45) is 0 Å². The second-order valence-corrected chi connectivity index (χ2v) is 8.10. The number of benzene rings is 2. The minimum absolute atomic E-state index is 0.0478. The molecule has 1 aliphatic rings. The fraction of sp³-hybridized carbons (Fsp3) is 0.333. The number of hydrogen-bond donors (Lipinski definition) is 1. The van der Waals surface area contributed by atoms with Crippen LogP contribution >= 0.6 is 0 Å². The molecule has 0 bridgehead atoms. The maximum absolute atomic E-state index is 12.9. The highest BCUT2D eigenvalue weighted by Gasteiger charge is 2.25. The Balaban J connectivity index is 1.61. The van der Waals surface area contributed by atoms with Gasteiger partial charge in [0.1, 0.15) is 11.6 Å². The molecule has 2 aromatic carbocycles. The van der Waals surface area contributed by atoms with E-state index in [0.717, 1.165) is 17.7 Å². The fourth-order valence-electron chi connectivity index (χ4n) is 3.95. The van der Waals surface area contributed by atoms with E-state index in [1.54, 1.807) is 34.9 Å². The molecule has 0 unspecified atom stereocenters. The molecule has 0 spiro atoms. The van der Waals surface area contributed by atoms with Gasteiger partial charge in [0, 0.05) is 18.7 Å². The number of aryl methyl sites for hydroxylation is 1. The van der Waals surface area contributed by atoms with E-state index in [1.807, 2.05) is 25.1 Å². The van der Waals surface area contributed by atoms with Gasteiger partial charge in [0.2, 0.25) is 11.7 Å². The number of rotatable bonds is 6. The van der Waals surface area contributed by atoms with Crippen LogP contribution in [0, 0.1) is 6.92 Å². The molecule has 0 radical (unpaired) electrons. The average Bonchev–Trinajstić information content (AvgIpc) is 3.39. The van der Waals surface area contributed by atoms with Gasteiger partial charge in [-0.2, -0.15) is 0 Å². The highest BCUT2D eigenvalue weighted by atomic mass is 16.5. The van der Waals surface area contributed by atoms with Gasteiger partial charge in [-0.05, 0) is 49.1 Å². The van der Waals surface area contributed by atoms with Gasteiger partial charge in [-0.1, -0.05) is 32.0 Å². The Labute approximate surface area is 187 Å². The van der Waals surface area contributed by atoms with Crippen molar-refractivity contribution in [2.45, 2.75) is 39.5 Å². The number of anilines is 2. The number of methoxy groups -OCH3 is 1. The molecule has 1 aliphatic heterocycles. The number of aromatic nitrogens is 3. The maximum atomic E-state index is 12.9. The van der Waals surface area contributed by atoms with Gasteiger partial charge in [-0.25, -0.2) is 9.67 Å². The number of amides is 2. The van der Waals surface area contributed by atoms with E-state index in [2.05, 4.69) is 35.3 Å². The lowest BCUT2D eigenvalue weighted by Gasteiger charge is -2.20. The third kappa shape index (κ3) is 4.08. The largest absolute Gasteiger partial charge is 0.495 e. The Bertz CT molecular complexity index is 1170. The summed E-state index contributed by atoms with van der Waals surface area (Å²) in [6, 6.07) is 13.2. The minimum atomic E-state index is -0.419. The minimum Gasteiger partial charge on any atom is -0.495 e. The summed E-state index contributed by atoms with van der Waals surface area (Å²) in [5, 5.41) is 7.32. The van der Waals surface area contributed by atoms with Gasteiger partial charge in [-0.3, -0.25) is 9.59 Å². The Morgan fingerprint density at radius 3 is 2.62 bits per heavy atom.